The van der Waals surface area contributed by atoms with E-state index in [2.05, 4.69) is 4.90 Å². The number of carbonyl (C=O) groups excluding carboxylic acids is 1. The van der Waals surface area contributed by atoms with E-state index in [9.17, 15) is 4.79 Å². The number of hydroxylamine groups is 2. The van der Waals surface area contributed by atoms with E-state index in [1.807, 2.05) is 30.3 Å². The Morgan fingerprint density at radius 3 is 2.56 bits per heavy atom. The Morgan fingerprint density at radius 2 is 1.94 bits per heavy atom. The molecule has 1 aliphatic rings. The van der Waals surface area contributed by atoms with Gasteiger partial charge in [0.05, 0.1) is 13.7 Å². The first-order valence-corrected chi connectivity index (χ1v) is 6.44. The van der Waals surface area contributed by atoms with Gasteiger partial charge in [-0.25, -0.2) is 5.06 Å². The second kappa shape index (κ2) is 6.52. The molecule has 0 saturated carbocycles. The molecule has 1 aromatic rings. The van der Waals surface area contributed by atoms with Gasteiger partial charge in [0, 0.05) is 12.1 Å². The second-order valence-electron chi connectivity index (χ2n) is 4.50. The number of nitrogens with zero attached hydrogens (tertiary/aromatic N) is 2. The highest BCUT2D eigenvalue weighted by Crippen LogP contribution is 2.09. The molecule has 0 aliphatic carbocycles. The third-order valence-electron chi connectivity index (χ3n) is 3.29. The lowest BCUT2D eigenvalue weighted by Gasteiger charge is -2.23. The molecule has 98 valence electrons. The molecule has 1 saturated heterocycles. The van der Waals surface area contributed by atoms with Crippen LogP contribution in [0.5, 0.6) is 0 Å². The van der Waals surface area contributed by atoms with Crippen molar-refractivity contribution in [2.45, 2.75) is 12.8 Å². The van der Waals surface area contributed by atoms with Gasteiger partial charge in [-0.2, -0.15) is 0 Å². The molecule has 1 aromatic carbocycles. The molecular formula is C14H20N2O2. The van der Waals surface area contributed by atoms with Crippen LogP contribution in [0.15, 0.2) is 30.3 Å². The normalized spacial score (nSPS) is 15.8. The van der Waals surface area contributed by atoms with Crippen LogP contribution in [0.3, 0.4) is 0 Å². The molecule has 0 spiro atoms. The van der Waals surface area contributed by atoms with Gasteiger partial charge in [-0.05, 0) is 38.1 Å². The van der Waals surface area contributed by atoms with Crippen molar-refractivity contribution in [3.05, 3.63) is 35.9 Å². The lowest BCUT2D eigenvalue weighted by molar-refractivity contribution is -0.0974. The summed E-state index contributed by atoms with van der Waals surface area (Å²) in [7, 11) is 1.55. The molecule has 1 aliphatic heterocycles. The molecule has 0 aromatic heterocycles. The fourth-order valence-corrected chi connectivity index (χ4v) is 2.24. The van der Waals surface area contributed by atoms with Crippen molar-refractivity contribution in [3.63, 3.8) is 0 Å². The van der Waals surface area contributed by atoms with E-state index in [0.717, 1.165) is 19.6 Å². The Morgan fingerprint density at radius 1 is 1.28 bits per heavy atom. The highest BCUT2D eigenvalue weighted by atomic mass is 16.7. The molecule has 1 fully saturated rings. The van der Waals surface area contributed by atoms with Crippen LogP contribution < -0.4 is 0 Å². The summed E-state index contributed by atoms with van der Waals surface area (Å²) in [5.41, 5.74) is 0.667. The van der Waals surface area contributed by atoms with Crippen molar-refractivity contribution in [2.75, 3.05) is 33.3 Å². The molecule has 18 heavy (non-hydrogen) atoms. The summed E-state index contributed by atoms with van der Waals surface area (Å²) < 4.78 is 0. The van der Waals surface area contributed by atoms with Crippen LogP contribution in [0.4, 0.5) is 0 Å². The van der Waals surface area contributed by atoms with Gasteiger partial charge in [-0.3, -0.25) is 9.63 Å². The van der Waals surface area contributed by atoms with Gasteiger partial charge in [0.25, 0.3) is 5.91 Å². The van der Waals surface area contributed by atoms with E-state index in [4.69, 9.17) is 4.84 Å². The van der Waals surface area contributed by atoms with Gasteiger partial charge < -0.3 is 4.90 Å². The number of likely N-dealkylation sites (tertiary alicyclic amines) is 1. The lowest BCUT2D eigenvalue weighted by atomic mass is 10.2. The van der Waals surface area contributed by atoms with Gasteiger partial charge >= 0.3 is 0 Å². The first-order chi connectivity index (χ1) is 8.81. The zero-order chi connectivity index (χ0) is 12.8. The molecule has 0 atom stereocenters. The van der Waals surface area contributed by atoms with Gasteiger partial charge in [-0.15, -0.1) is 0 Å². The zero-order valence-corrected chi connectivity index (χ0v) is 10.8. The number of rotatable bonds is 5. The summed E-state index contributed by atoms with van der Waals surface area (Å²) in [6.45, 7) is 3.77. The Hall–Kier alpha value is -1.39. The van der Waals surface area contributed by atoms with E-state index >= 15 is 0 Å². The molecule has 4 nitrogen and oxygen atoms in total. The zero-order valence-electron chi connectivity index (χ0n) is 10.8. The maximum absolute atomic E-state index is 12.2. The molecule has 0 bridgehead atoms. The van der Waals surface area contributed by atoms with Crippen molar-refractivity contribution < 1.29 is 9.63 Å². The number of benzene rings is 1. The topological polar surface area (TPSA) is 32.8 Å². The number of hydrogen-bond acceptors (Lipinski definition) is 3. The smallest absolute Gasteiger partial charge is 0.277 e. The molecule has 0 N–H and O–H groups in total. The summed E-state index contributed by atoms with van der Waals surface area (Å²) in [6.07, 6.45) is 2.53. The van der Waals surface area contributed by atoms with Crippen molar-refractivity contribution in [3.8, 4) is 0 Å². The molecule has 2 rings (SSSR count). The van der Waals surface area contributed by atoms with Crippen LogP contribution in [0.25, 0.3) is 0 Å². The minimum Gasteiger partial charge on any atom is -0.301 e. The molecule has 0 radical (unpaired) electrons. The van der Waals surface area contributed by atoms with Crippen LogP contribution in [0, 0.1) is 0 Å². The fraction of sp³-hybridized carbons (Fsp3) is 0.500. The van der Waals surface area contributed by atoms with Crippen molar-refractivity contribution in [1.29, 1.82) is 0 Å². The first-order valence-electron chi connectivity index (χ1n) is 6.44. The van der Waals surface area contributed by atoms with Crippen LogP contribution in [-0.4, -0.2) is 49.2 Å². The van der Waals surface area contributed by atoms with E-state index in [1.54, 1.807) is 7.11 Å². The monoisotopic (exact) mass is 248 g/mol. The van der Waals surface area contributed by atoms with Crippen LogP contribution in [0.2, 0.25) is 0 Å². The van der Waals surface area contributed by atoms with E-state index in [-0.39, 0.29) is 5.91 Å². The number of carbonyl (C=O) groups is 1. The summed E-state index contributed by atoms with van der Waals surface area (Å²) in [5.74, 6) is -0.0719. The van der Waals surface area contributed by atoms with Crippen molar-refractivity contribution in [1.82, 2.24) is 9.96 Å². The Bertz CT molecular complexity index is 375. The molecule has 1 heterocycles. The summed E-state index contributed by atoms with van der Waals surface area (Å²) >= 11 is 0. The lowest BCUT2D eigenvalue weighted by Crippen LogP contribution is -2.37. The quantitative estimate of drug-likeness (QED) is 0.745. The Kier molecular flexibility index (Phi) is 4.73. The fourth-order valence-electron chi connectivity index (χ4n) is 2.24. The van der Waals surface area contributed by atoms with E-state index in [0.29, 0.717) is 12.1 Å². The first kappa shape index (κ1) is 13.1. The molecule has 1 amide bonds. The van der Waals surface area contributed by atoms with E-state index in [1.165, 1.54) is 17.9 Å². The van der Waals surface area contributed by atoms with Gasteiger partial charge in [0.2, 0.25) is 0 Å². The minimum atomic E-state index is -0.0719. The number of hydrogen-bond donors (Lipinski definition) is 0. The summed E-state index contributed by atoms with van der Waals surface area (Å²) in [5, 5.41) is 1.44. The second-order valence-corrected chi connectivity index (χ2v) is 4.50. The Labute approximate surface area is 108 Å². The number of amides is 1. The maximum atomic E-state index is 12.2. The van der Waals surface area contributed by atoms with Crippen molar-refractivity contribution >= 4 is 5.91 Å². The van der Waals surface area contributed by atoms with Crippen LogP contribution in [0.1, 0.15) is 23.2 Å². The third-order valence-corrected chi connectivity index (χ3v) is 3.29. The summed E-state index contributed by atoms with van der Waals surface area (Å²) in [4.78, 5) is 19.7. The van der Waals surface area contributed by atoms with Crippen molar-refractivity contribution in [2.24, 2.45) is 0 Å². The Balaban J connectivity index is 1.89. The molecule has 4 heteroatoms. The SMILES string of the molecule is CON(CCN1CCCC1)C(=O)c1ccccc1. The van der Waals surface area contributed by atoms with Gasteiger partial charge in [0.1, 0.15) is 0 Å². The predicted octanol–water partition coefficient (Wildman–Crippen LogP) is 1.79. The van der Waals surface area contributed by atoms with Crippen LogP contribution in [-0.2, 0) is 4.84 Å². The molecular weight excluding hydrogens is 228 g/mol. The molecule has 0 unspecified atom stereocenters. The maximum Gasteiger partial charge on any atom is 0.277 e. The standard InChI is InChI=1S/C14H20N2O2/c1-18-16(12-11-15-9-5-6-10-15)14(17)13-7-3-2-4-8-13/h2-4,7-8H,5-6,9-12H2,1H3. The van der Waals surface area contributed by atoms with Gasteiger partial charge in [0.15, 0.2) is 0 Å². The van der Waals surface area contributed by atoms with Gasteiger partial charge in [-0.1, -0.05) is 18.2 Å². The third kappa shape index (κ3) is 3.31. The average molecular weight is 248 g/mol. The minimum absolute atomic E-state index is 0.0719. The van der Waals surface area contributed by atoms with Crippen LogP contribution >= 0.6 is 0 Å². The van der Waals surface area contributed by atoms with E-state index < -0.39 is 0 Å². The average Bonchev–Trinajstić information content (AvgIpc) is 2.93. The summed E-state index contributed by atoms with van der Waals surface area (Å²) in [6, 6.07) is 9.25. The largest absolute Gasteiger partial charge is 0.301 e. The highest BCUT2D eigenvalue weighted by Gasteiger charge is 2.18. The predicted molar refractivity (Wildman–Crippen MR) is 70.2 cm³/mol. The highest BCUT2D eigenvalue weighted by molar-refractivity contribution is 5.93.